The van der Waals surface area contributed by atoms with Gasteiger partial charge >= 0.3 is 0 Å². The molecule has 0 aliphatic rings. The maximum atomic E-state index is 12.8. The Kier molecular flexibility index (Phi) is 1.43. The van der Waals surface area contributed by atoms with Gasteiger partial charge in [0.05, 0.1) is 11.0 Å². The fraction of sp³-hybridized carbons (Fsp3) is 0. The van der Waals surface area contributed by atoms with Crippen LogP contribution in [0, 0.1) is 17.1 Å². The number of rotatable bonds is 0. The fourth-order valence-electron chi connectivity index (χ4n) is 1.15. The minimum absolute atomic E-state index is 0.0700. The second kappa shape index (κ2) is 2.45. The molecule has 0 bridgehead atoms. The van der Waals surface area contributed by atoms with E-state index in [-0.39, 0.29) is 5.82 Å². The van der Waals surface area contributed by atoms with Gasteiger partial charge in [-0.3, -0.25) is 0 Å². The molecule has 0 amide bonds. The van der Waals surface area contributed by atoms with Crippen molar-refractivity contribution in [2.24, 2.45) is 0 Å². The van der Waals surface area contributed by atoms with Crippen molar-refractivity contribution in [2.45, 2.75) is 0 Å². The molecule has 0 radical (unpaired) electrons. The molecule has 2 aromatic rings. The fourth-order valence-corrected chi connectivity index (χ4v) is 1.15. The maximum Gasteiger partial charge on any atom is 0.232 e. The highest BCUT2D eigenvalue weighted by Gasteiger charge is 2.07. The predicted octanol–water partition coefficient (Wildman–Crippen LogP) is 0.761. The molecule has 13 heavy (non-hydrogen) atoms. The molecule has 64 valence electrons. The second-order valence-corrected chi connectivity index (χ2v) is 2.55. The van der Waals surface area contributed by atoms with Crippen LogP contribution in [0.5, 0.6) is 0 Å². The zero-order valence-electron chi connectivity index (χ0n) is 6.53. The van der Waals surface area contributed by atoms with E-state index in [1.807, 2.05) is 6.07 Å². The third-order valence-electron chi connectivity index (χ3n) is 1.75. The van der Waals surface area contributed by atoms with Crippen molar-refractivity contribution < 1.29 is 4.39 Å². The Labute approximate surface area is 73.0 Å². The van der Waals surface area contributed by atoms with Gasteiger partial charge < -0.3 is 5.84 Å². The van der Waals surface area contributed by atoms with Gasteiger partial charge in [0, 0.05) is 6.07 Å². The Morgan fingerprint density at radius 2 is 2.31 bits per heavy atom. The van der Waals surface area contributed by atoms with Crippen molar-refractivity contribution in [1.29, 1.82) is 5.26 Å². The summed E-state index contributed by atoms with van der Waals surface area (Å²) in [6, 6.07) is 5.80. The molecule has 0 atom stereocenters. The van der Waals surface area contributed by atoms with Gasteiger partial charge in [-0.1, -0.05) is 0 Å². The van der Waals surface area contributed by atoms with E-state index in [0.29, 0.717) is 11.0 Å². The lowest BCUT2D eigenvalue weighted by Crippen LogP contribution is -2.10. The molecule has 0 spiro atoms. The van der Waals surface area contributed by atoms with Crippen molar-refractivity contribution in [3.63, 3.8) is 0 Å². The minimum Gasteiger partial charge on any atom is -0.337 e. The first-order chi connectivity index (χ1) is 6.22. The molecule has 2 rings (SSSR count). The van der Waals surface area contributed by atoms with Crippen LogP contribution in [0.4, 0.5) is 4.39 Å². The van der Waals surface area contributed by atoms with Gasteiger partial charge in [-0.15, -0.1) is 0 Å². The van der Waals surface area contributed by atoms with Crippen LogP contribution in [-0.2, 0) is 0 Å². The Morgan fingerprint density at radius 1 is 1.54 bits per heavy atom. The van der Waals surface area contributed by atoms with Gasteiger partial charge in [-0.2, -0.15) is 5.26 Å². The summed E-state index contributed by atoms with van der Waals surface area (Å²) in [5, 5.41) is 8.58. The lowest BCUT2D eigenvalue weighted by Gasteiger charge is -1.94. The lowest BCUT2D eigenvalue weighted by atomic mass is 10.3. The first-order valence-corrected chi connectivity index (χ1v) is 3.55. The number of benzene rings is 1. The van der Waals surface area contributed by atoms with Crippen molar-refractivity contribution >= 4 is 11.0 Å². The molecule has 0 aliphatic heterocycles. The molecular weight excluding hydrogens is 171 g/mol. The summed E-state index contributed by atoms with van der Waals surface area (Å²) in [5.41, 5.74) is 0.928. The standard InChI is InChI=1S/C8H5FN4/c9-5-1-2-6-7(3-5)13(11)8(4-10)12-6/h1-3H,11H2. The van der Waals surface area contributed by atoms with Crippen LogP contribution >= 0.6 is 0 Å². The van der Waals surface area contributed by atoms with Crippen molar-refractivity contribution in [3.05, 3.63) is 29.8 Å². The molecule has 0 aliphatic carbocycles. The summed E-state index contributed by atoms with van der Waals surface area (Å²) in [6.45, 7) is 0. The molecule has 1 aromatic carbocycles. The molecule has 4 nitrogen and oxygen atoms in total. The normalized spacial score (nSPS) is 10.2. The van der Waals surface area contributed by atoms with Crippen molar-refractivity contribution in [2.75, 3.05) is 5.84 Å². The largest absolute Gasteiger partial charge is 0.337 e. The molecule has 0 saturated carbocycles. The van der Waals surface area contributed by atoms with Gasteiger partial charge in [0.25, 0.3) is 0 Å². The molecule has 2 N–H and O–H groups in total. The van der Waals surface area contributed by atoms with E-state index in [9.17, 15) is 4.39 Å². The highest BCUT2D eigenvalue weighted by Crippen LogP contribution is 2.14. The van der Waals surface area contributed by atoms with Crippen LogP contribution in [0.2, 0.25) is 0 Å². The topological polar surface area (TPSA) is 67.6 Å². The third-order valence-corrected chi connectivity index (χ3v) is 1.75. The summed E-state index contributed by atoms with van der Waals surface area (Å²) in [4.78, 5) is 3.88. The smallest absolute Gasteiger partial charge is 0.232 e. The second-order valence-electron chi connectivity index (χ2n) is 2.55. The van der Waals surface area contributed by atoms with Crippen LogP contribution in [0.25, 0.3) is 11.0 Å². The molecule has 5 heteroatoms. The number of imidazole rings is 1. The van der Waals surface area contributed by atoms with Crippen LogP contribution in [0.3, 0.4) is 0 Å². The maximum absolute atomic E-state index is 12.8. The number of aromatic nitrogens is 2. The molecule has 0 unspecified atom stereocenters. The summed E-state index contributed by atoms with van der Waals surface area (Å²) >= 11 is 0. The average Bonchev–Trinajstić information content (AvgIpc) is 2.44. The zero-order chi connectivity index (χ0) is 9.42. The molecular formula is C8H5FN4. The first-order valence-electron chi connectivity index (χ1n) is 3.55. The number of nitriles is 1. The summed E-state index contributed by atoms with van der Waals surface area (Å²) < 4.78 is 13.8. The molecule has 1 aromatic heterocycles. The summed E-state index contributed by atoms with van der Waals surface area (Å²) in [7, 11) is 0. The molecule has 0 saturated heterocycles. The van der Waals surface area contributed by atoms with E-state index in [0.717, 1.165) is 4.68 Å². The van der Waals surface area contributed by atoms with Gasteiger partial charge in [0.1, 0.15) is 11.9 Å². The predicted molar refractivity (Wildman–Crippen MR) is 44.6 cm³/mol. The molecule has 1 heterocycles. The van der Waals surface area contributed by atoms with Gasteiger partial charge in [-0.25, -0.2) is 14.1 Å². The number of halogens is 1. The first kappa shape index (κ1) is 7.55. The highest BCUT2D eigenvalue weighted by atomic mass is 19.1. The van der Waals surface area contributed by atoms with Crippen LogP contribution < -0.4 is 5.84 Å². The Hall–Kier alpha value is -2.09. The quantitative estimate of drug-likeness (QED) is 0.602. The Balaban J connectivity index is 2.87. The number of hydrogen-bond donors (Lipinski definition) is 1. The molecule has 0 fully saturated rings. The monoisotopic (exact) mass is 176 g/mol. The van der Waals surface area contributed by atoms with Gasteiger partial charge in [0.15, 0.2) is 0 Å². The summed E-state index contributed by atoms with van der Waals surface area (Å²) in [6.07, 6.45) is 0. The van der Waals surface area contributed by atoms with E-state index in [1.54, 1.807) is 0 Å². The zero-order valence-corrected chi connectivity index (χ0v) is 6.53. The van der Waals surface area contributed by atoms with E-state index in [1.165, 1.54) is 18.2 Å². The van der Waals surface area contributed by atoms with Gasteiger partial charge in [-0.05, 0) is 12.1 Å². The van der Waals surface area contributed by atoms with E-state index < -0.39 is 5.82 Å². The van der Waals surface area contributed by atoms with Crippen LogP contribution in [0.15, 0.2) is 18.2 Å². The van der Waals surface area contributed by atoms with Crippen LogP contribution in [0.1, 0.15) is 5.82 Å². The van der Waals surface area contributed by atoms with E-state index in [2.05, 4.69) is 4.98 Å². The number of nitrogen functional groups attached to an aromatic ring is 1. The number of hydrogen-bond acceptors (Lipinski definition) is 3. The highest BCUT2D eigenvalue weighted by molar-refractivity contribution is 5.76. The third kappa shape index (κ3) is 0.999. The van der Waals surface area contributed by atoms with Crippen LogP contribution in [-0.4, -0.2) is 9.66 Å². The minimum atomic E-state index is -0.399. The van der Waals surface area contributed by atoms with Gasteiger partial charge in [0.2, 0.25) is 5.82 Å². The van der Waals surface area contributed by atoms with E-state index >= 15 is 0 Å². The number of nitrogens with zero attached hydrogens (tertiary/aromatic N) is 3. The Bertz CT molecular complexity index is 509. The lowest BCUT2D eigenvalue weighted by molar-refractivity contribution is 0.629. The SMILES string of the molecule is N#Cc1nc2ccc(F)cc2n1N. The number of fused-ring (bicyclic) bond motifs is 1. The van der Waals surface area contributed by atoms with Crippen molar-refractivity contribution in [3.8, 4) is 6.07 Å². The number of nitrogens with two attached hydrogens (primary N) is 1. The summed E-state index contributed by atoms with van der Waals surface area (Å²) in [5.74, 6) is 5.15. The Morgan fingerprint density at radius 3 is 3.00 bits per heavy atom. The van der Waals surface area contributed by atoms with E-state index in [4.69, 9.17) is 11.1 Å². The average molecular weight is 176 g/mol. The van der Waals surface area contributed by atoms with Crippen molar-refractivity contribution in [1.82, 2.24) is 9.66 Å².